The van der Waals surface area contributed by atoms with Gasteiger partial charge in [-0.2, -0.15) is 0 Å². The summed E-state index contributed by atoms with van der Waals surface area (Å²) in [6.07, 6.45) is 6.46. The number of piperidine rings is 1. The minimum Gasteiger partial charge on any atom is -0.361 e. The lowest BCUT2D eigenvalue weighted by molar-refractivity contribution is -0.133. The second-order valence-electron chi connectivity index (χ2n) is 6.20. The molecule has 0 saturated carbocycles. The molecule has 2 heterocycles. The summed E-state index contributed by atoms with van der Waals surface area (Å²) in [6.45, 7) is 5.15. The van der Waals surface area contributed by atoms with Crippen LogP contribution in [0.25, 0.3) is 10.9 Å². The lowest BCUT2D eigenvalue weighted by Gasteiger charge is -2.32. The average molecular weight is 309 g/mol. The highest BCUT2D eigenvalue weighted by molar-refractivity contribution is 5.86. The highest BCUT2D eigenvalue weighted by Crippen LogP contribution is 2.21. The van der Waals surface area contributed by atoms with E-state index in [1.54, 1.807) is 0 Å². The molecule has 3 rings (SSSR count). The Morgan fingerprint density at radius 2 is 2.17 bits per heavy atom. The zero-order valence-electron chi connectivity index (χ0n) is 13.3. The number of rotatable bonds is 4. The molecule has 0 bridgehead atoms. The first-order valence-corrected chi connectivity index (χ1v) is 8.14. The van der Waals surface area contributed by atoms with E-state index >= 15 is 0 Å². The monoisotopic (exact) mass is 309 g/mol. The number of para-hydroxylation sites is 1. The molecule has 120 valence electrons. The highest BCUT2D eigenvalue weighted by atomic mass is 16.2. The number of likely N-dealkylation sites (tertiary alicyclic amines) is 1. The maximum atomic E-state index is 12.6. The lowest BCUT2D eigenvalue weighted by Crippen LogP contribution is -2.47. The normalized spacial score (nSPS) is 17.0. The quantitative estimate of drug-likeness (QED) is 0.853. The number of benzene rings is 1. The molecule has 3 N–H and O–H groups in total. The number of aromatic nitrogens is 1. The Balaban J connectivity index is 1.63. The van der Waals surface area contributed by atoms with Gasteiger partial charge in [-0.1, -0.05) is 24.8 Å². The van der Waals surface area contributed by atoms with E-state index < -0.39 is 6.04 Å². The molecule has 0 unspecified atom stereocenters. The third kappa shape index (κ3) is 3.39. The third-order valence-corrected chi connectivity index (χ3v) is 4.64. The zero-order chi connectivity index (χ0) is 16.2. The molecule has 1 aliphatic heterocycles. The molecule has 1 aliphatic rings. The average Bonchev–Trinajstić information content (AvgIpc) is 2.98. The van der Waals surface area contributed by atoms with Crippen LogP contribution < -0.4 is 5.73 Å². The van der Waals surface area contributed by atoms with Crippen LogP contribution in [0.3, 0.4) is 0 Å². The lowest BCUT2D eigenvalue weighted by atomic mass is 9.96. The second-order valence-corrected chi connectivity index (χ2v) is 6.20. The van der Waals surface area contributed by atoms with Crippen molar-refractivity contribution in [1.82, 2.24) is 9.88 Å². The van der Waals surface area contributed by atoms with Gasteiger partial charge >= 0.3 is 0 Å². The van der Waals surface area contributed by atoms with E-state index in [0.29, 0.717) is 12.3 Å². The number of hydrogen-bond acceptors (Lipinski definition) is 2. The van der Waals surface area contributed by atoms with Gasteiger partial charge < -0.3 is 15.6 Å². The first-order valence-electron chi connectivity index (χ1n) is 8.14. The van der Waals surface area contributed by atoms with Gasteiger partial charge in [-0.3, -0.25) is 4.79 Å². The van der Waals surface area contributed by atoms with Crippen LogP contribution in [0.5, 0.6) is 0 Å². The van der Waals surface area contributed by atoms with Crippen molar-refractivity contribution in [1.29, 1.82) is 0 Å². The van der Waals surface area contributed by atoms with Gasteiger partial charge in [-0.05, 0) is 42.9 Å². The molecule has 2 aromatic rings. The molecule has 4 heteroatoms. The summed E-state index contributed by atoms with van der Waals surface area (Å²) in [7, 11) is 0. The number of fused-ring (bicyclic) bond motifs is 1. The molecule has 0 aliphatic carbocycles. The molecular formula is C19H23N3O. The summed E-state index contributed by atoms with van der Waals surface area (Å²) in [5.74, 6) is 0.540. The van der Waals surface area contributed by atoms with E-state index in [2.05, 4.69) is 23.4 Å². The smallest absolute Gasteiger partial charge is 0.239 e. The highest BCUT2D eigenvalue weighted by Gasteiger charge is 2.26. The molecular weight excluding hydrogens is 286 g/mol. The molecule has 1 fully saturated rings. The molecule has 1 amide bonds. The van der Waals surface area contributed by atoms with Crippen molar-refractivity contribution < 1.29 is 4.79 Å². The van der Waals surface area contributed by atoms with E-state index in [0.717, 1.165) is 42.4 Å². The van der Waals surface area contributed by atoms with Gasteiger partial charge in [-0.25, -0.2) is 0 Å². The van der Waals surface area contributed by atoms with Crippen LogP contribution >= 0.6 is 0 Å². The van der Waals surface area contributed by atoms with Crippen molar-refractivity contribution in [3.8, 4) is 0 Å². The fourth-order valence-electron chi connectivity index (χ4n) is 3.31. The van der Waals surface area contributed by atoms with E-state index in [9.17, 15) is 4.79 Å². The van der Waals surface area contributed by atoms with Crippen molar-refractivity contribution >= 4 is 16.8 Å². The van der Waals surface area contributed by atoms with Crippen molar-refractivity contribution in [2.24, 2.45) is 11.7 Å². The van der Waals surface area contributed by atoms with E-state index in [-0.39, 0.29) is 5.91 Å². The van der Waals surface area contributed by atoms with Gasteiger partial charge in [0.2, 0.25) is 5.91 Å². The predicted molar refractivity (Wildman–Crippen MR) is 93.0 cm³/mol. The topological polar surface area (TPSA) is 62.1 Å². The van der Waals surface area contributed by atoms with Gasteiger partial charge in [-0.15, -0.1) is 5.73 Å². The number of nitrogens with two attached hydrogens (primary N) is 1. The summed E-state index contributed by atoms with van der Waals surface area (Å²) in [5, 5.41) is 1.14. The number of carbonyl (C=O) groups is 1. The molecule has 1 aromatic heterocycles. The molecule has 0 radical (unpaired) electrons. The van der Waals surface area contributed by atoms with E-state index in [4.69, 9.17) is 5.73 Å². The summed E-state index contributed by atoms with van der Waals surface area (Å²) in [6, 6.07) is 7.61. The van der Waals surface area contributed by atoms with Crippen LogP contribution in [0.1, 0.15) is 18.4 Å². The summed E-state index contributed by atoms with van der Waals surface area (Å²) in [4.78, 5) is 17.7. The third-order valence-electron chi connectivity index (χ3n) is 4.64. The Labute approximate surface area is 136 Å². The number of allylic oxidation sites excluding steroid dienone is 1. The zero-order valence-corrected chi connectivity index (χ0v) is 13.3. The van der Waals surface area contributed by atoms with Crippen LogP contribution in [-0.4, -0.2) is 34.9 Å². The van der Waals surface area contributed by atoms with Crippen LogP contribution in [-0.2, 0) is 11.2 Å². The Bertz CT molecular complexity index is 734. The molecule has 1 aromatic carbocycles. The van der Waals surface area contributed by atoms with Crippen LogP contribution in [0, 0.1) is 5.92 Å². The molecule has 0 spiro atoms. The van der Waals surface area contributed by atoms with Crippen molar-refractivity contribution in [2.75, 3.05) is 13.1 Å². The Morgan fingerprint density at radius 1 is 1.43 bits per heavy atom. The van der Waals surface area contributed by atoms with Crippen LogP contribution in [0.2, 0.25) is 0 Å². The number of hydrogen-bond donors (Lipinski definition) is 2. The van der Waals surface area contributed by atoms with Crippen molar-refractivity contribution in [3.05, 3.63) is 54.4 Å². The fraction of sp³-hybridized carbons (Fsp3) is 0.368. The first kappa shape index (κ1) is 15.6. The molecule has 23 heavy (non-hydrogen) atoms. The fourth-order valence-corrected chi connectivity index (χ4v) is 3.31. The Morgan fingerprint density at radius 3 is 2.91 bits per heavy atom. The maximum absolute atomic E-state index is 12.6. The van der Waals surface area contributed by atoms with Crippen LogP contribution in [0.4, 0.5) is 0 Å². The molecule has 1 atom stereocenters. The number of amides is 1. The SMILES string of the molecule is C=C=CC1CCN(C(=O)[C@@H](N)Cc2c[nH]c3ccccc23)CC1. The number of nitrogens with zero attached hydrogens (tertiary/aromatic N) is 1. The Hall–Kier alpha value is -2.29. The van der Waals surface area contributed by atoms with Gasteiger partial charge in [0.25, 0.3) is 0 Å². The number of carbonyl (C=O) groups excluding carboxylic acids is 1. The molecule has 1 saturated heterocycles. The van der Waals surface area contributed by atoms with Crippen LogP contribution in [0.15, 0.2) is 48.8 Å². The summed E-state index contributed by atoms with van der Waals surface area (Å²) < 4.78 is 0. The van der Waals surface area contributed by atoms with Gasteiger partial charge in [0.05, 0.1) is 6.04 Å². The van der Waals surface area contributed by atoms with Gasteiger partial charge in [0, 0.05) is 30.2 Å². The summed E-state index contributed by atoms with van der Waals surface area (Å²) >= 11 is 0. The van der Waals surface area contributed by atoms with E-state index in [1.165, 1.54) is 0 Å². The second kappa shape index (κ2) is 6.86. The van der Waals surface area contributed by atoms with Gasteiger partial charge in [0.1, 0.15) is 0 Å². The van der Waals surface area contributed by atoms with Gasteiger partial charge in [0.15, 0.2) is 0 Å². The minimum absolute atomic E-state index is 0.0521. The number of nitrogens with one attached hydrogen (secondary N) is 1. The molecule has 4 nitrogen and oxygen atoms in total. The van der Waals surface area contributed by atoms with E-state index in [1.807, 2.05) is 35.4 Å². The number of H-pyrrole nitrogens is 1. The number of aromatic amines is 1. The first-order chi connectivity index (χ1) is 11.2. The minimum atomic E-state index is -0.485. The standard InChI is InChI=1S/C19H23N3O/c1-2-5-14-8-10-22(11-9-14)19(23)17(20)12-15-13-21-18-7-4-3-6-16(15)18/h3-7,13-14,17,21H,1,8-12,20H2/t17-/m0/s1. The summed E-state index contributed by atoms with van der Waals surface area (Å²) in [5.41, 5.74) is 11.2. The maximum Gasteiger partial charge on any atom is 0.239 e. The largest absolute Gasteiger partial charge is 0.361 e. The van der Waals surface area contributed by atoms with Crippen molar-refractivity contribution in [3.63, 3.8) is 0 Å². The van der Waals surface area contributed by atoms with Crippen molar-refractivity contribution in [2.45, 2.75) is 25.3 Å². The predicted octanol–water partition coefficient (Wildman–Crippen LogP) is 2.62. The Kier molecular flexibility index (Phi) is 4.65.